The summed E-state index contributed by atoms with van der Waals surface area (Å²) in [5.74, 6) is -0.695. The number of nitro groups is 1. The summed E-state index contributed by atoms with van der Waals surface area (Å²) in [5.41, 5.74) is 0.800. The third-order valence-corrected chi connectivity index (χ3v) is 3.43. The number of hydrazone groups is 1. The fourth-order valence-corrected chi connectivity index (χ4v) is 2.28. The van der Waals surface area contributed by atoms with E-state index in [0.29, 0.717) is 11.1 Å². The first-order valence-corrected chi connectivity index (χ1v) is 7.01. The van der Waals surface area contributed by atoms with Crippen molar-refractivity contribution in [3.05, 3.63) is 75.6 Å². The van der Waals surface area contributed by atoms with Gasteiger partial charge in [0, 0.05) is 30.2 Å². The van der Waals surface area contributed by atoms with Gasteiger partial charge < -0.3 is 4.74 Å². The molecule has 1 aliphatic heterocycles. The summed E-state index contributed by atoms with van der Waals surface area (Å²) in [7, 11) is 0. The summed E-state index contributed by atoms with van der Waals surface area (Å²) in [4.78, 5) is 22.2. The Morgan fingerprint density at radius 3 is 2.62 bits per heavy atom. The fourth-order valence-electron chi connectivity index (χ4n) is 2.28. The van der Waals surface area contributed by atoms with Gasteiger partial charge in [0.05, 0.1) is 4.92 Å². The highest BCUT2D eigenvalue weighted by Crippen LogP contribution is 2.30. The number of hydrogen-bond acceptors (Lipinski definition) is 5. The zero-order chi connectivity index (χ0) is 17.3. The molecule has 0 aromatic heterocycles. The molecule has 8 heteroatoms. The van der Waals surface area contributed by atoms with E-state index in [1.165, 1.54) is 49.4 Å². The molecule has 7 nitrogen and oxygen atoms in total. The highest BCUT2D eigenvalue weighted by atomic mass is 19.1. The normalized spacial score (nSPS) is 16.5. The zero-order valence-corrected chi connectivity index (χ0v) is 12.5. The predicted molar refractivity (Wildman–Crippen MR) is 82.4 cm³/mol. The lowest BCUT2D eigenvalue weighted by Crippen LogP contribution is -2.25. The molecule has 0 saturated carbocycles. The molecule has 0 fully saturated rings. The molecule has 1 amide bonds. The van der Waals surface area contributed by atoms with Gasteiger partial charge in [-0.25, -0.2) is 4.39 Å². The zero-order valence-electron chi connectivity index (χ0n) is 12.5. The van der Waals surface area contributed by atoms with E-state index in [4.69, 9.17) is 4.74 Å². The number of halogens is 1. The summed E-state index contributed by atoms with van der Waals surface area (Å²) in [6.07, 6.45) is -0.850. The summed E-state index contributed by atoms with van der Waals surface area (Å²) in [6, 6.07) is 11.2. The summed E-state index contributed by atoms with van der Waals surface area (Å²) in [5, 5.41) is 16.1. The summed E-state index contributed by atoms with van der Waals surface area (Å²) < 4.78 is 18.8. The average molecular weight is 329 g/mol. The molecule has 2 aromatic carbocycles. The molecule has 0 radical (unpaired) electrons. The predicted octanol–water partition coefficient (Wildman–Crippen LogP) is 2.97. The van der Waals surface area contributed by atoms with E-state index in [9.17, 15) is 19.3 Å². The molecule has 0 saturated heterocycles. The van der Waals surface area contributed by atoms with Crippen molar-refractivity contribution in [1.29, 1.82) is 0 Å². The molecular weight excluding hydrogens is 317 g/mol. The lowest BCUT2D eigenvalue weighted by Gasteiger charge is -2.19. The number of rotatable bonds is 3. The van der Waals surface area contributed by atoms with Crippen LogP contribution in [0.2, 0.25) is 0 Å². The molecular formula is C16H12FN3O4. The van der Waals surface area contributed by atoms with Crippen LogP contribution in [0.4, 0.5) is 10.1 Å². The maximum atomic E-state index is 13.1. The molecule has 0 unspecified atom stereocenters. The molecule has 0 N–H and O–H groups in total. The Morgan fingerprint density at radius 1 is 1.29 bits per heavy atom. The maximum absolute atomic E-state index is 13.1. The van der Waals surface area contributed by atoms with Gasteiger partial charge in [0.1, 0.15) is 5.82 Å². The van der Waals surface area contributed by atoms with Crippen molar-refractivity contribution in [2.75, 3.05) is 0 Å². The summed E-state index contributed by atoms with van der Waals surface area (Å²) in [6.45, 7) is 1.32. The van der Waals surface area contributed by atoms with Gasteiger partial charge in [0.2, 0.25) is 18.0 Å². The number of carbonyl (C=O) groups excluding carboxylic acids is 1. The average Bonchev–Trinajstić information content (AvgIpc) is 3.01. The lowest BCUT2D eigenvalue weighted by atomic mass is 10.2. The van der Waals surface area contributed by atoms with Gasteiger partial charge in [0.25, 0.3) is 5.69 Å². The minimum absolute atomic E-state index is 0.0863. The van der Waals surface area contributed by atoms with Gasteiger partial charge in [-0.2, -0.15) is 5.01 Å². The first kappa shape index (κ1) is 15.6. The molecule has 3 rings (SSSR count). The van der Waals surface area contributed by atoms with Crippen molar-refractivity contribution in [3.8, 4) is 0 Å². The Bertz CT molecular complexity index is 835. The number of ether oxygens (including phenoxy) is 1. The quantitative estimate of drug-likeness (QED) is 0.640. The molecule has 1 heterocycles. The molecule has 0 aliphatic carbocycles. The molecule has 0 spiro atoms. The summed E-state index contributed by atoms with van der Waals surface area (Å²) >= 11 is 0. The van der Waals surface area contributed by atoms with Crippen molar-refractivity contribution in [2.24, 2.45) is 5.10 Å². The van der Waals surface area contributed by atoms with Gasteiger partial charge in [0.15, 0.2) is 0 Å². The highest BCUT2D eigenvalue weighted by Gasteiger charge is 2.33. The van der Waals surface area contributed by atoms with Crippen LogP contribution in [0.1, 0.15) is 24.3 Å². The van der Waals surface area contributed by atoms with Crippen LogP contribution in [0, 0.1) is 15.9 Å². The second kappa shape index (κ2) is 6.07. The van der Waals surface area contributed by atoms with Crippen molar-refractivity contribution in [1.82, 2.24) is 5.01 Å². The van der Waals surface area contributed by atoms with E-state index in [0.717, 1.165) is 5.01 Å². The van der Waals surface area contributed by atoms with Crippen LogP contribution in [-0.2, 0) is 9.53 Å². The number of amides is 1. The number of benzene rings is 2. The van der Waals surface area contributed by atoms with Gasteiger partial charge in [-0.1, -0.05) is 18.2 Å². The van der Waals surface area contributed by atoms with Crippen molar-refractivity contribution < 1.29 is 18.8 Å². The van der Waals surface area contributed by atoms with Crippen LogP contribution in [0.5, 0.6) is 0 Å². The number of nitrogens with zero attached hydrogens (tertiary/aromatic N) is 3. The molecule has 1 atom stereocenters. The van der Waals surface area contributed by atoms with Crippen LogP contribution < -0.4 is 0 Å². The van der Waals surface area contributed by atoms with E-state index in [2.05, 4.69) is 5.10 Å². The van der Waals surface area contributed by atoms with Gasteiger partial charge >= 0.3 is 0 Å². The number of nitro benzene ring substituents is 1. The second-order valence-corrected chi connectivity index (χ2v) is 5.10. The third-order valence-electron chi connectivity index (χ3n) is 3.43. The monoisotopic (exact) mass is 329 g/mol. The number of carbonyl (C=O) groups is 1. The van der Waals surface area contributed by atoms with Crippen LogP contribution in [0.15, 0.2) is 53.6 Å². The molecule has 1 aliphatic rings. The van der Waals surface area contributed by atoms with E-state index >= 15 is 0 Å². The van der Waals surface area contributed by atoms with Crippen molar-refractivity contribution in [2.45, 2.75) is 13.2 Å². The van der Waals surface area contributed by atoms with E-state index in [1.54, 1.807) is 6.07 Å². The van der Waals surface area contributed by atoms with E-state index in [1.807, 2.05) is 0 Å². The molecule has 24 heavy (non-hydrogen) atoms. The molecule has 0 bridgehead atoms. The fraction of sp³-hybridized carbons (Fsp3) is 0.125. The lowest BCUT2D eigenvalue weighted by molar-refractivity contribution is -0.384. The minimum atomic E-state index is -0.850. The van der Waals surface area contributed by atoms with Crippen LogP contribution in [-0.4, -0.2) is 21.7 Å². The first-order valence-electron chi connectivity index (χ1n) is 7.01. The standard InChI is InChI=1S/C16H12FN3O4/c1-10(21)19-16(11-5-7-13(17)8-6-11)24-15(18-19)12-3-2-4-14(9-12)20(22)23/h2-9,16H,1H3/t16-/m1/s1. The van der Waals surface area contributed by atoms with E-state index < -0.39 is 17.0 Å². The van der Waals surface area contributed by atoms with Crippen LogP contribution in [0.25, 0.3) is 0 Å². The Labute approximate surface area is 136 Å². The second-order valence-electron chi connectivity index (χ2n) is 5.10. The smallest absolute Gasteiger partial charge is 0.270 e. The van der Waals surface area contributed by atoms with Gasteiger partial charge in [-0.05, 0) is 18.2 Å². The van der Waals surface area contributed by atoms with E-state index in [-0.39, 0.29) is 17.5 Å². The van der Waals surface area contributed by atoms with Gasteiger partial charge in [-0.3, -0.25) is 14.9 Å². The van der Waals surface area contributed by atoms with Crippen molar-refractivity contribution >= 4 is 17.5 Å². The Hall–Kier alpha value is -3.29. The number of non-ortho nitro benzene ring substituents is 1. The van der Waals surface area contributed by atoms with Crippen molar-refractivity contribution in [3.63, 3.8) is 0 Å². The Morgan fingerprint density at radius 2 is 2.00 bits per heavy atom. The molecule has 2 aromatic rings. The maximum Gasteiger partial charge on any atom is 0.270 e. The van der Waals surface area contributed by atoms with Gasteiger partial charge in [-0.15, -0.1) is 5.10 Å². The topological polar surface area (TPSA) is 85.0 Å². The largest absolute Gasteiger partial charge is 0.446 e. The van der Waals surface area contributed by atoms with Crippen LogP contribution in [0.3, 0.4) is 0 Å². The SMILES string of the molecule is CC(=O)N1N=C(c2cccc([N+](=O)[O-])c2)O[C@@H]1c1ccc(F)cc1. The highest BCUT2D eigenvalue weighted by molar-refractivity contribution is 5.96. The first-order chi connectivity index (χ1) is 11.5. The van der Waals surface area contributed by atoms with Crippen LogP contribution >= 0.6 is 0 Å². The Kier molecular flexibility index (Phi) is 3.95. The Balaban J connectivity index is 1.95. The number of hydrogen-bond donors (Lipinski definition) is 0. The minimum Gasteiger partial charge on any atom is -0.446 e. The molecule has 122 valence electrons. The third kappa shape index (κ3) is 2.94.